The van der Waals surface area contributed by atoms with E-state index < -0.39 is 19.3 Å². The fraction of sp³-hybridized carbons (Fsp3) is 0.0909. The smallest absolute Gasteiger partial charge is 0.256 e. The molecule has 0 aliphatic carbocycles. The van der Waals surface area contributed by atoms with E-state index in [1.807, 2.05) is 0 Å². The summed E-state index contributed by atoms with van der Waals surface area (Å²) in [6, 6.07) is 13.0. The summed E-state index contributed by atoms with van der Waals surface area (Å²) in [6.07, 6.45) is 1.53. The van der Waals surface area contributed by atoms with Crippen LogP contribution in [0.1, 0.15) is 21.5 Å². The van der Waals surface area contributed by atoms with E-state index in [0.29, 0.717) is 32.6 Å². The fourth-order valence-electron chi connectivity index (χ4n) is 3.27. The highest BCUT2D eigenvalue weighted by Crippen LogP contribution is 2.38. The van der Waals surface area contributed by atoms with Crippen molar-refractivity contribution < 1.29 is 13.6 Å². The molecule has 10 heteroatoms. The maximum Gasteiger partial charge on any atom is 0.256 e. The molecule has 4 rings (SSSR count). The van der Waals surface area contributed by atoms with Crippen LogP contribution in [0.2, 0.25) is 5.28 Å². The summed E-state index contributed by atoms with van der Waals surface area (Å²) in [6.45, 7) is -1.75. The van der Waals surface area contributed by atoms with Gasteiger partial charge in [-0.3, -0.25) is 4.79 Å². The Hall–Kier alpha value is -3.43. The number of hydrogen-bond donors (Lipinski definition) is 2. The SMILES string of the molecule is Nc1nc(-c2cccc(NC(=O)c3c(CF)cccc3CF)c2)c(-c2ccnc(Cl)n2)s1. The third-order valence-corrected chi connectivity index (χ3v) is 5.74. The third kappa shape index (κ3) is 4.44. The number of nitrogens with one attached hydrogen (secondary N) is 1. The Bertz CT molecular complexity index is 1270. The summed E-state index contributed by atoms with van der Waals surface area (Å²) in [5.74, 6) is -0.594. The molecule has 162 valence electrons. The Morgan fingerprint density at radius 3 is 2.47 bits per heavy atom. The van der Waals surface area contributed by atoms with Gasteiger partial charge in [-0.15, -0.1) is 0 Å². The number of anilines is 2. The Labute approximate surface area is 191 Å². The van der Waals surface area contributed by atoms with Crippen LogP contribution < -0.4 is 11.1 Å². The Balaban J connectivity index is 1.69. The lowest BCUT2D eigenvalue weighted by Crippen LogP contribution is -2.16. The molecule has 0 bridgehead atoms. The first-order chi connectivity index (χ1) is 15.5. The molecule has 0 aliphatic rings. The summed E-state index contributed by atoms with van der Waals surface area (Å²) in [5.41, 5.74) is 8.43. The van der Waals surface area contributed by atoms with E-state index in [0.717, 1.165) is 0 Å². The van der Waals surface area contributed by atoms with Crippen molar-refractivity contribution in [3.63, 3.8) is 0 Å². The number of rotatable bonds is 6. The number of alkyl halides is 2. The first-order valence-corrected chi connectivity index (χ1v) is 10.6. The minimum Gasteiger partial charge on any atom is -0.375 e. The van der Waals surface area contributed by atoms with Crippen LogP contribution in [0.15, 0.2) is 54.7 Å². The summed E-state index contributed by atoms with van der Waals surface area (Å²) in [5, 5.41) is 3.15. The van der Waals surface area contributed by atoms with Gasteiger partial charge in [-0.1, -0.05) is 41.7 Å². The molecule has 0 radical (unpaired) electrons. The molecule has 0 aliphatic heterocycles. The number of nitrogens with zero attached hydrogens (tertiary/aromatic N) is 3. The molecule has 0 fully saturated rings. The molecular weight excluding hydrogens is 456 g/mol. The highest BCUT2D eigenvalue weighted by atomic mass is 35.5. The van der Waals surface area contributed by atoms with Gasteiger partial charge in [0.25, 0.3) is 5.91 Å². The molecule has 0 spiro atoms. The molecule has 2 aromatic heterocycles. The molecule has 0 atom stereocenters. The van der Waals surface area contributed by atoms with Crippen LogP contribution in [0, 0.1) is 0 Å². The van der Waals surface area contributed by atoms with Gasteiger partial charge in [0.2, 0.25) is 5.28 Å². The first kappa shape index (κ1) is 21.8. The lowest BCUT2D eigenvalue weighted by atomic mass is 10.0. The molecule has 0 saturated carbocycles. The molecule has 3 N–H and O–H groups in total. The molecule has 0 saturated heterocycles. The van der Waals surface area contributed by atoms with E-state index in [1.165, 1.54) is 35.7 Å². The van der Waals surface area contributed by atoms with Crippen LogP contribution in [-0.4, -0.2) is 20.9 Å². The lowest BCUT2D eigenvalue weighted by Gasteiger charge is -2.12. The van der Waals surface area contributed by atoms with E-state index >= 15 is 0 Å². The lowest BCUT2D eigenvalue weighted by molar-refractivity contribution is 0.102. The number of halogens is 3. The van der Waals surface area contributed by atoms with Gasteiger partial charge in [0, 0.05) is 17.4 Å². The van der Waals surface area contributed by atoms with Crippen LogP contribution in [0.25, 0.3) is 21.8 Å². The zero-order valence-corrected chi connectivity index (χ0v) is 18.1. The number of amides is 1. The van der Waals surface area contributed by atoms with E-state index in [2.05, 4.69) is 20.3 Å². The van der Waals surface area contributed by atoms with Crippen molar-refractivity contribution in [1.29, 1.82) is 0 Å². The third-order valence-electron chi connectivity index (χ3n) is 4.65. The van der Waals surface area contributed by atoms with E-state index in [1.54, 1.807) is 30.3 Å². The van der Waals surface area contributed by atoms with Crippen LogP contribution in [0.3, 0.4) is 0 Å². The van der Waals surface area contributed by atoms with E-state index in [-0.39, 0.29) is 22.0 Å². The number of carbonyl (C=O) groups excluding carboxylic acids is 1. The average Bonchev–Trinajstić information content (AvgIpc) is 3.20. The van der Waals surface area contributed by atoms with Crippen LogP contribution in [0.5, 0.6) is 0 Å². The van der Waals surface area contributed by atoms with Gasteiger partial charge in [-0.05, 0) is 40.9 Å². The highest BCUT2D eigenvalue weighted by Gasteiger charge is 2.19. The van der Waals surface area contributed by atoms with Gasteiger partial charge >= 0.3 is 0 Å². The van der Waals surface area contributed by atoms with Crippen molar-refractivity contribution in [3.8, 4) is 21.8 Å². The quantitative estimate of drug-likeness (QED) is 0.352. The zero-order chi connectivity index (χ0) is 22.7. The second-order valence-electron chi connectivity index (χ2n) is 6.69. The van der Waals surface area contributed by atoms with Crippen molar-refractivity contribution in [2.45, 2.75) is 13.3 Å². The Kier molecular flexibility index (Phi) is 6.38. The molecule has 4 aromatic rings. The van der Waals surface area contributed by atoms with Crippen molar-refractivity contribution in [1.82, 2.24) is 15.0 Å². The van der Waals surface area contributed by atoms with Crippen molar-refractivity contribution in [2.75, 3.05) is 11.1 Å². The maximum absolute atomic E-state index is 13.4. The molecule has 1 amide bonds. The fourth-order valence-corrected chi connectivity index (χ4v) is 4.24. The number of hydrogen-bond acceptors (Lipinski definition) is 6. The zero-order valence-electron chi connectivity index (χ0n) is 16.5. The van der Waals surface area contributed by atoms with E-state index in [4.69, 9.17) is 17.3 Å². The van der Waals surface area contributed by atoms with Gasteiger partial charge in [-0.25, -0.2) is 23.7 Å². The topological polar surface area (TPSA) is 93.8 Å². The van der Waals surface area contributed by atoms with Crippen molar-refractivity contribution in [2.24, 2.45) is 0 Å². The number of nitrogen functional groups attached to an aromatic ring is 1. The second kappa shape index (κ2) is 9.37. The molecule has 6 nitrogen and oxygen atoms in total. The number of benzene rings is 2. The predicted molar refractivity (Wildman–Crippen MR) is 122 cm³/mol. The number of carbonyl (C=O) groups is 1. The van der Waals surface area contributed by atoms with Gasteiger partial charge in [0.15, 0.2) is 5.13 Å². The molecule has 32 heavy (non-hydrogen) atoms. The Morgan fingerprint density at radius 2 is 1.78 bits per heavy atom. The standard InChI is InChI=1S/C22H16ClF2N5OS/c23-21-27-8-7-16(29-21)19-18(30-22(26)32-19)12-3-2-6-15(9-12)28-20(31)17-13(10-24)4-1-5-14(17)11-25/h1-9H,10-11H2,(H2,26,30)(H,28,31). The van der Waals surface area contributed by atoms with Gasteiger partial charge in [0.1, 0.15) is 13.3 Å². The van der Waals surface area contributed by atoms with Crippen molar-refractivity contribution >= 4 is 39.7 Å². The highest BCUT2D eigenvalue weighted by molar-refractivity contribution is 7.19. The summed E-state index contributed by atoms with van der Waals surface area (Å²) >= 11 is 7.16. The second-order valence-corrected chi connectivity index (χ2v) is 8.06. The molecule has 2 heterocycles. The number of aromatic nitrogens is 3. The van der Waals surface area contributed by atoms with Crippen LogP contribution in [0.4, 0.5) is 19.6 Å². The molecule has 0 unspecified atom stereocenters. The normalized spacial score (nSPS) is 10.8. The number of nitrogens with two attached hydrogens (primary N) is 1. The van der Waals surface area contributed by atoms with Gasteiger partial charge < -0.3 is 11.1 Å². The first-order valence-electron chi connectivity index (χ1n) is 9.40. The van der Waals surface area contributed by atoms with Crippen molar-refractivity contribution in [3.05, 3.63) is 76.7 Å². The predicted octanol–water partition coefficient (Wildman–Crippen LogP) is 5.69. The summed E-state index contributed by atoms with van der Waals surface area (Å²) < 4.78 is 26.8. The van der Waals surface area contributed by atoms with E-state index in [9.17, 15) is 13.6 Å². The summed E-state index contributed by atoms with van der Waals surface area (Å²) in [4.78, 5) is 26.0. The minimum atomic E-state index is -0.875. The minimum absolute atomic E-state index is 0.00266. The monoisotopic (exact) mass is 471 g/mol. The molecule has 2 aromatic carbocycles. The van der Waals surface area contributed by atoms with Gasteiger partial charge in [-0.2, -0.15) is 0 Å². The molecular formula is C22H16ClF2N5OS. The average molecular weight is 472 g/mol. The maximum atomic E-state index is 13.4. The largest absolute Gasteiger partial charge is 0.375 e. The number of thiazole rings is 1. The van der Waals surface area contributed by atoms with Crippen LogP contribution >= 0.6 is 22.9 Å². The van der Waals surface area contributed by atoms with Crippen LogP contribution in [-0.2, 0) is 13.3 Å². The summed E-state index contributed by atoms with van der Waals surface area (Å²) in [7, 11) is 0. The van der Waals surface area contributed by atoms with Gasteiger partial charge in [0.05, 0.1) is 21.8 Å². The Morgan fingerprint density at radius 1 is 1.06 bits per heavy atom.